The van der Waals surface area contributed by atoms with Crippen molar-refractivity contribution in [1.82, 2.24) is 5.32 Å². The summed E-state index contributed by atoms with van der Waals surface area (Å²) in [5.74, 6) is -1.16. The summed E-state index contributed by atoms with van der Waals surface area (Å²) in [4.78, 5) is 40.0. The molecule has 0 bridgehead atoms. The molecule has 2 aromatic rings. The normalized spacial score (nSPS) is 18.1. The molecule has 0 aromatic heterocycles. The van der Waals surface area contributed by atoms with Crippen LogP contribution in [0.2, 0.25) is 0 Å². The van der Waals surface area contributed by atoms with Crippen LogP contribution in [-0.2, 0) is 32.2 Å². The molecule has 0 radical (unpaired) electrons. The van der Waals surface area contributed by atoms with Crippen molar-refractivity contribution in [3.63, 3.8) is 0 Å². The van der Waals surface area contributed by atoms with Crippen molar-refractivity contribution in [2.24, 2.45) is 22.6 Å². The van der Waals surface area contributed by atoms with Gasteiger partial charge in [0.2, 0.25) is 5.91 Å². The van der Waals surface area contributed by atoms with Crippen molar-refractivity contribution in [2.45, 2.75) is 32.4 Å². The zero-order valence-corrected chi connectivity index (χ0v) is 18.0. The van der Waals surface area contributed by atoms with E-state index in [-0.39, 0.29) is 36.2 Å². The van der Waals surface area contributed by atoms with Crippen molar-refractivity contribution in [3.8, 4) is 0 Å². The van der Waals surface area contributed by atoms with Crippen molar-refractivity contribution < 1.29 is 23.9 Å². The van der Waals surface area contributed by atoms with E-state index in [0.717, 1.165) is 17.5 Å². The van der Waals surface area contributed by atoms with Crippen LogP contribution in [0, 0.1) is 11.8 Å². The van der Waals surface area contributed by atoms with Gasteiger partial charge in [-0.25, -0.2) is 4.79 Å². The average Bonchev–Trinajstić information content (AvgIpc) is 3.32. The third-order valence-corrected chi connectivity index (χ3v) is 5.49. The highest BCUT2D eigenvalue weighted by Crippen LogP contribution is 2.32. The molecule has 1 aliphatic carbocycles. The average molecular weight is 437 g/mol. The molecule has 0 unspecified atom stereocenters. The monoisotopic (exact) mass is 437 g/mol. The number of hydrogen-bond donors (Lipinski definition) is 2. The van der Waals surface area contributed by atoms with Gasteiger partial charge in [0, 0.05) is 12.1 Å². The van der Waals surface area contributed by atoms with Crippen LogP contribution < -0.4 is 11.1 Å². The highest BCUT2D eigenvalue weighted by molar-refractivity contribution is 6.02. The van der Waals surface area contributed by atoms with Crippen molar-refractivity contribution >= 4 is 23.8 Å². The van der Waals surface area contributed by atoms with Gasteiger partial charge in [-0.1, -0.05) is 61.0 Å². The first-order valence-electron chi connectivity index (χ1n) is 10.5. The van der Waals surface area contributed by atoms with Gasteiger partial charge in [0.25, 0.3) is 0 Å². The first-order chi connectivity index (χ1) is 15.5. The number of amidine groups is 1. The Morgan fingerprint density at radius 1 is 1.00 bits per heavy atom. The minimum absolute atomic E-state index is 0.0468. The molecular weight excluding hydrogens is 410 g/mol. The summed E-state index contributed by atoms with van der Waals surface area (Å²) in [6, 6.07) is 16.3. The summed E-state index contributed by atoms with van der Waals surface area (Å²) in [7, 11) is 1.34. The van der Waals surface area contributed by atoms with Gasteiger partial charge in [-0.15, -0.1) is 0 Å². The summed E-state index contributed by atoms with van der Waals surface area (Å²) in [5, 5.41) is 2.88. The molecule has 1 aliphatic rings. The zero-order valence-electron chi connectivity index (χ0n) is 18.0. The van der Waals surface area contributed by atoms with Crippen molar-refractivity contribution in [3.05, 3.63) is 71.3 Å². The topological polar surface area (TPSA) is 120 Å². The molecule has 1 fully saturated rings. The number of rotatable bonds is 7. The lowest BCUT2D eigenvalue weighted by Gasteiger charge is -2.17. The highest BCUT2D eigenvalue weighted by atomic mass is 16.5. The first kappa shape index (κ1) is 23.0. The Bertz CT molecular complexity index is 973. The highest BCUT2D eigenvalue weighted by Gasteiger charge is 2.38. The molecule has 8 nitrogen and oxygen atoms in total. The van der Waals surface area contributed by atoms with E-state index in [1.54, 1.807) is 24.3 Å². The Morgan fingerprint density at radius 2 is 1.69 bits per heavy atom. The molecule has 3 N–H and O–H groups in total. The standard InChI is InChI=1S/C24H27N3O5/c1-31-23(29)20-9-5-8-19(20)22(28)26-14-16-10-12-18(13-11-16)21(25)27-24(30)32-15-17-6-3-2-4-7-17/h2-4,6-7,10-13,19-20H,5,8-9,14-15H2,1H3,(H,26,28)(H2,25,27,30)/t19-,20-/m1/s1. The van der Waals surface area contributed by atoms with Crippen molar-refractivity contribution in [1.29, 1.82) is 0 Å². The summed E-state index contributed by atoms with van der Waals surface area (Å²) < 4.78 is 9.91. The van der Waals surface area contributed by atoms with Crippen LogP contribution >= 0.6 is 0 Å². The third kappa shape index (κ3) is 6.16. The second-order valence-electron chi connectivity index (χ2n) is 7.62. The van der Waals surface area contributed by atoms with E-state index in [2.05, 4.69) is 10.3 Å². The maximum Gasteiger partial charge on any atom is 0.435 e. The lowest BCUT2D eigenvalue weighted by atomic mass is 9.95. The number of benzene rings is 2. The molecule has 0 spiro atoms. The molecule has 168 valence electrons. The lowest BCUT2D eigenvalue weighted by molar-refractivity contribution is -0.149. The van der Waals surface area contributed by atoms with Gasteiger partial charge < -0.3 is 20.5 Å². The summed E-state index contributed by atoms with van der Waals surface area (Å²) in [6.45, 7) is 0.437. The number of amides is 2. The van der Waals surface area contributed by atoms with Crippen LogP contribution in [-0.4, -0.2) is 30.9 Å². The fraction of sp³-hybridized carbons (Fsp3) is 0.333. The number of esters is 1. The zero-order chi connectivity index (χ0) is 22.9. The van der Waals surface area contributed by atoms with Crippen LogP contribution in [0.4, 0.5) is 4.79 Å². The van der Waals surface area contributed by atoms with Crippen molar-refractivity contribution in [2.75, 3.05) is 7.11 Å². The minimum atomic E-state index is -0.764. The summed E-state index contributed by atoms with van der Waals surface area (Å²) >= 11 is 0. The van der Waals surface area contributed by atoms with Gasteiger partial charge >= 0.3 is 12.1 Å². The second kappa shape index (κ2) is 11.1. The molecule has 0 heterocycles. The van der Waals surface area contributed by atoms with E-state index in [1.165, 1.54) is 7.11 Å². The Labute approximate surface area is 186 Å². The molecule has 2 atom stereocenters. The van der Waals surface area contributed by atoms with Crippen LogP contribution in [0.15, 0.2) is 59.6 Å². The number of hydrogen-bond acceptors (Lipinski definition) is 5. The van der Waals surface area contributed by atoms with Crippen LogP contribution in [0.1, 0.15) is 36.0 Å². The molecule has 0 aliphatic heterocycles. The van der Waals surface area contributed by atoms with E-state index in [9.17, 15) is 14.4 Å². The smallest absolute Gasteiger partial charge is 0.435 e. The van der Waals surface area contributed by atoms with E-state index in [4.69, 9.17) is 15.2 Å². The number of carbonyl (C=O) groups is 3. The lowest BCUT2D eigenvalue weighted by Crippen LogP contribution is -2.35. The molecule has 1 saturated carbocycles. The van der Waals surface area contributed by atoms with Gasteiger partial charge in [-0.3, -0.25) is 9.59 Å². The second-order valence-corrected chi connectivity index (χ2v) is 7.62. The minimum Gasteiger partial charge on any atom is -0.469 e. The van der Waals surface area contributed by atoms with Gasteiger partial charge in [-0.05, 0) is 24.0 Å². The number of ether oxygens (including phenoxy) is 2. The van der Waals surface area contributed by atoms with E-state index >= 15 is 0 Å². The molecular formula is C24H27N3O5. The number of aliphatic imine (C=N–C) groups is 1. The fourth-order valence-corrected chi connectivity index (χ4v) is 3.74. The maximum atomic E-state index is 12.5. The Morgan fingerprint density at radius 3 is 2.38 bits per heavy atom. The molecule has 8 heteroatoms. The van der Waals surface area contributed by atoms with Gasteiger partial charge in [0.05, 0.1) is 18.9 Å². The Balaban J connectivity index is 1.50. The maximum absolute atomic E-state index is 12.5. The summed E-state index contributed by atoms with van der Waals surface area (Å²) in [6.07, 6.45) is 1.42. The predicted molar refractivity (Wildman–Crippen MR) is 118 cm³/mol. The molecule has 3 rings (SSSR count). The van der Waals surface area contributed by atoms with Crippen LogP contribution in [0.25, 0.3) is 0 Å². The number of nitrogens with two attached hydrogens (primary N) is 1. The van der Waals surface area contributed by atoms with E-state index in [0.29, 0.717) is 24.9 Å². The van der Waals surface area contributed by atoms with Crippen LogP contribution in [0.5, 0.6) is 0 Å². The third-order valence-electron chi connectivity index (χ3n) is 5.49. The number of carbonyl (C=O) groups excluding carboxylic acids is 3. The molecule has 2 amide bonds. The quantitative estimate of drug-likeness (QED) is 0.390. The number of nitrogens with zero attached hydrogens (tertiary/aromatic N) is 1. The molecule has 32 heavy (non-hydrogen) atoms. The first-order valence-corrected chi connectivity index (χ1v) is 10.5. The largest absolute Gasteiger partial charge is 0.469 e. The van der Waals surface area contributed by atoms with E-state index < -0.39 is 6.09 Å². The Kier molecular flexibility index (Phi) is 7.96. The fourth-order valence-electron chi connectivity index (χ4n) is 3.74. The SMILES string of the molecule is COC(=O)[C@@H]1CCC[C@H]1C(=O)NCc1ccc(/C(N)=N/C(=O)OCc2ccccc2)cc1. The van der Waals surface area contributed by atoms with Gasteiger partial charge in [-0.2, -0.15) is 4.99 Å². The predicted octanol–water partition coefficient (Wildman–Crippen LogP) is 2.93. The van der Waals surface area contributed by atoms with Gasteiger partial charge in [0.1, 0.15) is 12.4 Å². The number of methoxy groups -OCH3 is 1. The van der Waals surface area contributed by atoms with E-state index in [1.807, 2.05) is 30.3 Å². The van der Waals surface area contributed by atoms with Crippen LogP contribution in [0.3, 0.4) is 0 Å². The van der Waals surface area contributed by atoms with Gasteiger partial charge in [0.15, 0.2) is 0 Å². The summed E-state index contributed by atoms with van der Waals surface area (Å²) in [5.41, 5.74) is 8.19. The number of nitrogens with one attached hydrogen (secondary N) is 1. The molecule has 2 aromatic carbocycles. The molecule has 0 saturated heterocycles. The Hall–Kier alpha value is -3.68.